The molecule has 2 N–H and O–H groups in total. The standard InChI is InChI=1S/C15H22N2O2/c16-13-2-1-6-17(11-13)7-5-12-3-4-14-15(10-12)19-9-8-18-14/h3-4,10,13H,1-2,5-9,11,16H2. The van der Waals surface area contributed by atoms with Crippen LogP contribution in [0.5, 0.6) is 11.5 Å². The quantitative estimate of drug-likeness (QED) is 0.895. The molecular weight excluding hydrogens is 240 g/mol. The van der Waals surface area contributed by atoms with Crippen molar-refractivity contribution in [2.75, 3.05) is 32.8 Å². The average molecular weight is 262 g/mol. The third-order valence-electron chi connectivity index (χ3n) is 3.87. The van der Waals surface area contributed by atoms with Crippen LogP contribution in [0, 0.1) is 0 Å². The molecule has 0 saturated carbocycles. The Morgan fingerprint density at radius 3 is 2.89 bits per heavy atom. The molecule has 1 saturated heterocycles. The molecule has 104 valence electrons. The van der Waals surface area contributed by atoms with E-state index in [1.54, 1.807) is 0 Å². The summed E-state index contributed by atoms with van der Waals surface area (Å²) < 4.78 is 11.1. The van der Waals surface area contributed by atoms with E-state index >= 15 is 0 Å². The van der Waals surface area contributed by atoms with Crippen LogP contribution >= 0.6 is 0 Å². The summed E-state index contributed by atoms with van der Waals surface area (Å²) in [6.45, 7) is 4.59. The van der Waals surface area contributed by atoms with Gasteiger partial charge in [-0.1, -0.05) is 6.07 Å². The summed E-state index contributed by atoms with van der Waals surface area (Å²) in [6.07, 6.45) is 3.44. The first kappa shape index (κ1) is 12.8. The lowest BCUT2D eigenvalue weighted by Crippen LogP contribution is -2.43. The molecule has 1 aromatic carbocycles. The van der Waals surface area contributed by atoms with Crippen LogP contribution in [-0.2, 0) is 6.42 Å². The van der Waals surface area contributed by atoms with E-state index in [1.807, 2.05) is 6.07 Å². The van der Waals surface area contributed by atoms with Crippen LogP contribution < -0.4 is 15.2 Å². The number of hydrogen-bond donors (Lipinski definition) is 1. The minimum absolute atomic E-state index is 0.356. The minimum Gasteiger partial charge on any atom is -0.486 e. The smallest absolute Gasteiger partial charge is 0.161 e. The maximum Gasteiger partial charge on any atom is 0.161 e. The average Bonchev–Trinajstić information content (AvgIpc) is 2.45. The van der Waals surface area contributed by atoms with E-state index in [4.69, 9.17) is 15.2 Å². The van der Waals surface area contributed by atoms with Crippen molar-refractivity contribution in [1.29, 1.82) is 0 Å². The molecule has 2 heterocycles. The van der Waals surface area contributed by atoms with Crippen LogP contribution in [0.4, 0.5) is 0 Å². The maximum atomic E-state index is 6.01. The van der Waals surface area contributed by atoms with Gasteiger partial charge in [0.15, 0.2) is 11.5 Å². The number of nitrogens with two attached hydrogens (primary N) is 1. The first-order valence-electron chi connectivity index (χ1n) is 7.18. The lowest BCUT2D eigenvalue weighted by molar-refractivity contribution is 0.171. The van der Waals surface area contributed by atoms with Crippen molar-refractivity contribution in [2.45, 2.75) is 25.3 Å². The van der Waals surface area contributed by atoms with E-state index in [0.29, 0.717) is 19.3 Å². The van der Waals surface area contributed by atoms with Crippen molar-refractivity contribution in [1.82, 2.24) is 4.90 Å². The monoisotopic (exact) mass is 262 g/mol. The molecule has 2 aliphatic rings. The number of ether oxygens (including phenoxy) is 2. The third-order valence-corrected chi connectivity index (χ3v) is 3.87. The zero-order valence-corrected chi connectivity index (χ0v) is 11.3. The van der Waals surface area contributed by atoms with Gasteiger partial charge in [0.25, 0.3) is 0 Å². The molecule has 0 bridgehead atoms. The maximum absolute atomic E-state index is 6.01. The molecule has 19 heavy (non-hydrogen) atoms. The Kier molecular flexibility index (Phi) is 3.89. The van der Waals surface area contributed by atoms with Crippen molar-refractivity contribution in [2.24, 2.45) is 5.73 Å². The van der Waals surface area contributed by atoms with Crippen molar-refractivity contribution in [3.8, 4) is 11.5 Å². The lowest BCUT2D eigenvalue weighted by atomic mass is 10.1. The van der Waals surface area contributed by atoms with Crippen LogP contribution in [0.15, 0.2) is 18.2 Å². The molecule has 3 rings (SSSR count). The van der Waals surface area contributed by atoms with Crippen molar-refractivity contribution >= 4 is 0 Å². The molecule has 1 fully saturated rings. The predicted molar refractivity (Wildman–Crippen MR) is 74.8 cm³/mol. The second-order valence-electron chi connectivity index (χ2n) is 5.43. The number of fused-ring (bicyclic) bond motifs is 1. The predicted octanol–water partition coefficient (Wildman–Crippen LogP) is 1.42. The first-order chi connectivity index (χ1) is 9.31. The minimum atomic E-state index is 0.356. The highest BCUT2D eigenvalue weighted by molar-refractivity contribution is 5.43. The Morgan fingerprint density at radius 1 is 1.21 bits per heavy atom. The lowest BCUT2D eigenvalue weighted by Gasteiger charge is -2.30. The van der Waals surface area contributed by atoms with E-state index in [1.165, 1.54) is 24.9 Å². The van der Waals surface area contributed by atoms with Gasteiger partial charge in [0.1, 0.15) is 13.2 Å². The van der Waals surface area contributed by atoms with E-state index in [2.05, 4.69) is 17.0 Å². The fourth-order valence-corrected chi connectivity index (χ4v) is 2.82. The van der Waals surface area contributed by atoms with Crippen molar-refractivity contribution < 1.29 is 9.47 Å². The topological polar surface area (TPSA) is 47.7 Å². The van der Waals surface area contributed by atoms with E-state index < -0.39 is 0 Å². The molecule has 0 aliphatic carbocycles. The zero-order chi connectivity index (χ0) is 13.1. The summed E-state index contributed by atoms with van der Waals surface area (Å²) in [5, 5.41) is 0. The summed E-state index contributed by atoms with van der Waals surface area (Å²) in [7, 11) is 0. The molecule has 4 heteroatoms. The van der Waals surface area contributed by atoms with Gasteiger partial charge in [-0.15, -0.1) is 0 Å². The molecule has 2 aliphatic heterocycles. The third kappa shape index (κ3) is 3.19. The SMILES string of the molecule is NC1CCCN(CCc2ccc3c(c2)OCCO3)C1. The van der Waals surface area contributed by atoms with Gasteiger partial charge in [-0.05, 0) is 43.5 Å². The zero-order valence-electron chi connectivity index (χ0n) is 11.3. The Hall–Kier alpha value is -1.26. The fraction of sp³-hybridized carbons (Fsp3) is 0.600. The summed E-state index contributed by atoms with van der Waals surface area (Å²) in [6, 6.07) is 6.62. The van der Waals surface area contributed by atoms with Crippen LogP contribution in [0.1, 0.15) is 18.4 Å². The van der Waals surface area contributed by atoms with Gasteiger partial charge in [0, 0.05) is 19.1 Å². The molecule has 0 aromatic heterocycles. The van der Waals surface area contributed by atoms with Crippen molar-refractivity contribution in [3.05, 3.63) is 23.8 Å². The number of hydrogen-bond acceptors (Lipinski definition) is 4. The molecule has 0 radical (unpaired) electrons. The number of nitrogens with zero attached hydrogens (tertiary/aromatic N) is 1. The fourth-order valence-electron chi connectivity index (χ4n) is 2.82. The summed E-state index contributed by atoms with van der Waals surface area (Å²) in [5.41, 5.74) is 7.32. The number of benzene rings is 1. The summed E-state index contributed by atoms with van der Waals surface area (Å²) in [4.78, 5) is 2.46. The van der Waals surface area contributed by atoms with E-state index in [-0.39, 0.29) is 0 Å². The highest BCUT2D eigenvalue weighted by atomic mass is 16.6. The van der Waals surface area contributed by atoms with Crippen LogP contribution in [0.3, 0.4) is 0 Å². The van der Waals surface area contributed by atoms with Crippen LogP contribution in [0.25, 0.3) is 0 Å². The van der Waals surface area contributed by atoms with E-state index in [9.17, 15) is 0 Å². The van der Waals surface area contributed by atoms with Gasteiger partial charge in [-0.2, -0.15) is 0 Å². The van der Waals surface area contributed by atoms with Crippen molar-refractivity contribution in [3.63, 3.8) is 0 Å². The first-order valence-corrected chi connectivity index (χ1v) is 7.18. The van der Waals surface area contributed by atoms with Gasteiger partial charge in [0.2, 0.25) is 0 Å². The molecule has 0 spiro atoms. The number of piperidine rings is 1. The van der Waals surface area contributed by atoms with Gasteiger partial charge in [-0.25, -0.2) is 0 Å². The summed E-state index contributed by atoms with van der Waals surface area (Å²) in [5.74, 6) is 1.76. The number of likely N-dealkylation sites (tertiary alicyclic amines) is 1. The molecule has 1 aromatic rings. The second-order valence-corrected chi connectivity index (χ2v) is 5.43. The van der Waals surface area contributed by atoms with Gasteiger partial charge in [-0.3, -0.25) is 0 Å². The van der Waals surface area contributed by atoms with Gasteiger partial charge in [0.05, 0.1) is 0 Å². The van der Waals surface area contributed by atoms with Gasteiger partial charge < -0.3 is 20.1 Å². The molecule has 4 nitrogen and oxygen atoms in total. The molecular formula is C15H22N2O2. The van der Waals surface area contributed by atoms with Gasteiger partial charge >= 0.3 is 0 Å². The normalized spacial score (nSPS) is 23.3. The summed E-state index contributed by atoms with van der Waals surface area (Å²) >= 11 is 0. The largest absolute Gasteiger partial charge is 0.486 e. The Morgan fingerprint density at radius 2 is 2.05 bits per heavy atom. The highest BCUT2D eigenvalue weighted by Crippen LogP contribution is 2.30. The molecule has 1 unspecified atom stereocenters. The van der Waals surface area contributed by atoms with Crippen LogP contribution in [-0.4, -0.2) is 43.8 Å². The Bertz CT molecular complexity index is 436. The van der Waals surface area contributed by atoms with Crippen LogP contribution in [0.2, 0.25) is 0 Å². The van der Waals surface area contributed by atoms with E-state index in [0.717, 1.165) is 31.0 Å². The Balaban J connectivity index is 1.57. The molecule has 1 atom stereocenters. The number of rotatable bonds is 3. The highest BCUT2D eigenvalue weighted by Gasteiger charge is 2.17. The second kappa shape index (κ2) is 5.80. The molecule has 0 amide bonds. The Labute approximate surface area is 114 Å².